The van der Waals surface area contributed by atoms with Gasteiger partial charge in [-0.25, -0.2) is 9.98 Å². The second kappa shape index (κ2) is 7.12. The maximum Gasteiger partial charge on any atom is 0.213 e. The minimum absolute atomic E-state index is 0.346. The van der Waals surface area contributed by atoms with E-state index in [9.17, 15) is 0 Å². The Labute approximate surface area is 120 Å². The van der Waals surface area contributed by atoms with Crippen LogP contribution in [0.25, 0.3) is 0 Å². The summed E-state index contributed by atoms with van der Waals surface area (Å²) in [6, 6.07) is 3.88. The molecule has 5 heteroatoms. The number of rotatable bonds is 6. The predicted molar refractivity (Wildman–Crippen MR) is 80.7 cm³/mol. The first-order valence-electron chi connectivity index (χ1n) is 7.29. The first-order chi connectivity index (χ1) is 9.63. The van der Waals surface area contributed by atoms with Crippen LogP contribution in [0.3, 0.4) is 0 Å². The molecular formula is C15H24N4O. The Morgan fingerprint density at radius 3 is 3.00 bits per heavy atom. The number of nitrogens with one attached hydrogen (secondary N) is 1. The van der Waals surface area contributed by atoms with E-state index in [4.69, 9.17) is 10.5 Å². The lowest BCUT2D eigenvalue weighted by Gasteiger charge is -2.25. The number of nitrogens with zero attached hydrogens (tertiary/aromatic N) is 2. The number of hydrogen-bond donors (Lipinski definition) is 2. The standard InChI is InChI=1S/C15H24N4O/c1-11(2)9-18-15(16)19-10-12-6-7-17-14(8-12)20-13-4-3-5-13/h6-8,11,13H,3-5,9-10H2,1-2H3,(H3,16,18,19). The van der Waals surface area contributed by atoms with E-state index in [1.165, 1.54) is 6.42 Å². The van der Waals surface area contributed by atoms with Crippen LogP contribution in [0.5, 0.6) is 5.88 Å². The van der Waals surface area contributed by atoms with Crippen molar-refractivity contribution < 1.29 is 4.74 Å². The summed E-state index contributed by atoms with van der Waals surface area (Å²) in [6.45, 7) is 5.64. The van der Waals surface area contributed by atoms with Gasteiger partial charge in [-0.2, -0.15) is 0 Å². The Kier molecular flexibility index (Phi) is 5.21. The number of nitrogens with two attached hydrogens (primary N) is 1. The lowest BCUT2D eigenvalue weighted by molar-refractivity contribution is 0.114. The first kappa shape index (κ1) is 14.6. The highest BCUT2D eigenvalue weighted by Crippen LogP contribution is 2.24. The van der Waals surface area contributed by atoms with E-state index < -0.39 is 0 Å². The fourth-order valence-corrected chi connectivity index (χ4v) is 1.81. The minimum Gasteiger partial charge on any atom is -0.474 e. The Hall–Kier alpha value is -1.78. The van der Waals surface area contributed by atoms with E-state index in [1.54, 1.807) is 6.20 Å². The SMILES string of the molecule is CC(C)CNC(N)=NCc1ccnc(OC2CCC2)c1. The molecule has 1 fully saturated rings. The fourth-order valence-electron chi connectivity index (χ4n) is 1.81. The zero-order chi connectivity index (χ0) is 14.4. The molecule has 0 radical (unpaired) electrons. The van der Waals surface area contributed by atoms with Crippen LogP contribution >= 0.6 is 0 Å². The van der Waals surface area contributed by atoms with Gasteiger partial charge in [-0.1, -0.05) is 13.8 Å². The van der Waals surface area contributed by atoms with Crippen LogP contribution in [-0.4, -0.2) is 23.6 Å². The molecule has 1 saturated carbocycles. The van der Waals surface area contributed by atoms with Crippen molar-refractivity contribution in [2.75, 3.05) is 6.54 Å². The van der Waals surface area contributed by atoms with Crippen molar-refractivity contribution in [1.82, 2.24) is 10.3 Å². The van der Waals surface area contributed by atoms with Crippen molar-refractivity contribution in [2.45, 2.75) is 45.8 Å². The van der Waals surface area contributed by atoms with Crippen molar-refractivity contribution in [1.29, 1.82) is 0 Å². The molecule has 5 nitrogen and oxygen atoms in total. The van der Waals surface area contributed by atoms with Gasteiger partial charge in [-0.05, 0) is 36.8 Å². The first-order valence-corrected chi connectivity index (χ1v) is 7.29. The summed E-state index contributed by atoms with van der Waals surface area (Å²) in [7, 11) is 0. The molecule has 1 aliphatic carbocycles. The summed E-state index contributed by atoms with van der Waals surface area (Å²) >= 11 is 0. The highest BCUT2D eigenvalue weighted by molar-refractivity contribution is 5.77. The van der Waals surface area contributed by atoms with E-state index >= 15 is 0 Å². The summed E-state index contributed by atoms with van der Waals surface area (Å²) in [6.07, 6.45) is 5.63. The third-order valence-electron chi connectivity index (χ3n) is 3.26. The monoisotopic (exact) mass is 276 g/mol. The van der Waals surface area contributed by atoms with Crippen molar-refractivity contribution in [3.05, 3.63) is 23.9 Å². The third kappa shape index (κ3) is 4.72. The molecule has 110 valence electrons. The van der Waals surface area contributed by atoms with Crippen LogP contribution in [0, 0.1) is 5.92 Å². The summed E-state index contributed by atoms with van der Waals surface area (Å²) in [5.74, 6) is 1.72. The normalized spacial score (nSPS) is 16.1. The van der Waals surface area contributed by atoms with Crippen LogP contribution in [-0.2, 0) is 6.54 Å². The molecule has 0 spiro atoms. The zero-order valence-corrected chi connectivity index (χ0v) is 12.3. The van der Waals surface area contributed by atoms with Gasteiger partial charge < -0.3 is 15.8 Å². The topological polar surface area (TPSA) is 72.5 Å². The molecule has 0 saturated heterocycles. The molecule has 1 aliphatic rings. The molecular weight excluding hydrogens is 252 g/mol. The van der Waals surface area contributed by atoms with Gasteiger partial charge in [-0.3, -0.25) is 0 Å². The van der Waals surface area contributed by atoms with Gasteiger partial charge in [0.25, 0.3) is 0 Å². The summed E-state index contributed by atoms with van der Waals surface area (Å²) < 4.78 is 5.77. The van der Waals surface area contributed by atoms with E-state index in [2.05, 4.69) is 29.1 Å². The van der Waals surface area contributed by atoms with Crippen LogP contribution < -0.4 is 15.8 Å². The van der Waals surface area contributed by atoms with Crippen LogP contribution in [0.2, 0.25) is 0 Å². The van der Waals surface area contributed by atoms with Crippen molar-refractivity contribution >= 4 is 5.96 Å². The highest BCUT2D eigenvalue weighted by Gasteiger charge is 2.19. The second-order valence-electron chi connectivity index (χ2n) is 5.65. The van der Waals surface area contributed by atoms with Gasteiger partial charge in [0.2, 0.25) is 5.88 Å². The highest BCUT2D eigenvalue weighted by atomic mass is 16.5. The van der Waals surface area contributed by atoms with Gasteiger partial charge >= 0.3 is 0 Å². The third-order valence-corrected chi connectivity index (χ3v) is 3.26. The molecule has 0 bridgehead atoms. The van der Waals surface area contributed by atoms with Crippen LogP contribution in [0.15, 0.2) is 23.3 Å². The minimum atomic E-state index is 0.346. The number of pyridine rings is 1. The number of aliphatic imine (C=N–C) groups is 1. The van der Waals surface area contributed by atoms with Gasteiger partial charge in [0, 0.05) is 18.8 Å². The van der Waals surface area contributed by atoms with Crippen LogP contribution in [0.4, 0.5) is 0 Å². The molecule has 20 heavy (non-hydrogen) atoms. The number of aromatic nitrogens is 1. The number of hydrogen-bond acceptors (Lipinski definition) is 3. The quantitative estimate of drug-likeness (QED) is 0.616. The molecule has 0 unspecified atom stereocenters. The second-order valence-corrected chi connectivity index (χ2v) is 5.65. The molecule has 0 atom stereocenters. The summed E-state index contributed by atoms with van der Waals surface area (Å²) in [5.41, 5.74) is 6.87. The Morgan fingerprint density at radius 2 is 2.35 bits per heavy atom. The largest absolute Gasteiger partial charge is 0.474 e. The van der Waals surface area contributed by atoms with Crippen molar-refractivity contribution in [3.63, 3.8) is 0 Å². The average molecular weight is 276 g/mol. The Balaban J connectivity index is 1.85. The average Bonchev–Trinajstić information content (AvgIpc) is 2.39. The smallest absolute Gasteiger partial charge is 0.213 e. The summed E-state index contributed by atoms with van der Waals surface area (Å²) in [5, 5.41) is 3.10. The molecule has 1 aromatic rings. The lowest BCUT2D eigenvalue weighted by atomic mass is 9.96. The summed E-state index contributed by atoms with van der Waals surface area (Å²) in [4.78, 5) is 8.55. The van der Waals surface area contributed by atoms with Gasteiger partial charge in [0.1, 0.15) is 6.10 Å². The molecule has 0 aromatic carbocycles. The van der Waals surface area contributed by atoms with Gasteiger partial charge in [-0.15, -0.1) is 0 Å². The number of ether oxygens (including phenoxy) is 1. The zero-order valence-electron chi connectivity index (χ0n) is 12.3. The molecule has 3 N–H and O–H groups in total. The molecule has 2 rings (SSSR count). The molecule has 1 heterocycles. The van der Waals surface area contributed by atoms with E-state index in [0.29, 0.717) is 30.4 Å². The fraction of sp³-hybridized carbons (Fsp3) is 0.600. The van der Waals surface area contributed by atoms with Crippen molar-refractivity contribution in [2.24, 2.45) is 16.6 Å². The van der Waals surface area contributed by atoms with E-state index in [0.717, 1.165) is 24.9 Å². The van der Waals surface area contributed by atoms with Gasteiger partial charge in [0.05, 0.1) is 6.54 Å². The van der Waals surface area contributed by atoms with E-state index in [1.807, 2.05) is 12.1 Å². The lowest BCUT2D eigenvalue weighted by Crippen LogP contribution is -2.34. The maximum atomic E-state index is 5.81. The molecule has 0 amide bonds. The Morgan fingerprint density at radius 1 is 1.55 bits per heavy atom. The van der Waals surface area contributed by atoms with Crippen LogP contribution in [0.1, 0.15) is 38.7 Å². The Bertz CT molecular complexity index is 455. The van der Waals surface area contributed by atoms with E-state index in [-0.39, 0.29) is 0 Å². The molecule has 1 aromatic heterocycles. The maximum absolute atomic E-state index is 5.81. The number of guanidine groups is 1. The predicted octanol–water partition coefficient (Wildman–Crippen LogP) is 2.07. The molecule has 0 aliphatic heterocycles. The van der Waals surface area contributed by atoms with Gasteiger partial charge in [0.15, 0.2) is 5.96 Å². The van der Waals surface area contributed by atoms with Crippen molar-refractivity contribution in [3.8, 4) is 5.88 Å².